The average molecular weight is 686 g/mol. The molecule has 11 heteroatoms. The van der Waals surface area contributed by atoms with Crippen molar-refractivity contribution in [2.45, 2.75) is 122 Å². The minimum atomic E-state index is -2.67. The van der Waals surface area contributed by atoms with Crippen LogP contribution in [-0.4, -0.2) is 72.3 Å². The Morgan fingerprint density at radius 2 is 1.53 bits per heavy atom. The third-order valence-corrected chi connectivity index (χ3v) is 8.22. The van der Waals surface area contributed by atoms with E-state index in [0.29, 0.717) is 36.4 Å². The Kier molecular flexibility index (Phi) is 21.8. The molecule has 0 aliphatic carbocycles. The van der Waals surface area contributed by atoms with E-state index in [2.05, 4.69) is 28.8 Å². The Balaban J connectivity index is 2.96. The third kappa shape index (κ3) is 17.2. The van der Waals surface area contributed by atoms with E-state index < -0.39 is 54.2 Å². The predicted molar refractivity (Wildman–Crippen MR) is 186 cm³/mol. The Morgan fingerprint density at radius 1 is 0.898 bits per heavy atom. The fraction of sp³-hybridized carbons (Fsp3) is 0.605. The zero-order valence-electron chi connectivity index (χ0n) is 29.6. The Morgan fingerprint density at radius 3 is 2.10 bits per heavy atom. The molecule has 0 saturated carbocycles. The van der Waals surface area contributed by atoms with Crippen molar-refractivity contribution in [2.75, 3.05) is 20.8 Å². The number of aliphatic carboxylic acids is 1. The van der Waals surface area contributed by atoms with E-state index in [-0.39, 0.29) is 13.0 Å². The molecule has 0 aliphatic rings. The van der Waals surface area contributed by atoms with Crippen molar-refractivity contribution in [3.05, 3.63) is 42.0 Å². The number of methoxy groups -OCH3 is 2. The number of esters is 2. The first-order valence-electron chi connectivity index (χ1n) is 17.2. The Labute approximate surface area is 291 Å². The second kappa shape index (κ2) is 24.9. The van der Waals surface area contributed by atoms with Gasteiger partial charge in [-0.1, -0.05) is 75.7 Å². The maximum absolute atomic E-state index is 13.7. The quantitative estimate of drug-likeness (QED) is 0.0491. The number of carbonyl (C=O) groups excluding carboxylic acids is 4. The van der Waals surface area contributed by atoms with Gasteiger partial charge in [0.15, 0.2) is 5.60 Å². The lowest BCUT2D eigenvalue weighted by atomic mass is 9.81. The van der Waals surface area contributed by atoms with E-state index in [1.807, 2.05) is 0 Å². The summed E-state index contributed by atoms with van der Waals surface area (Å²) < 4.78 is 15.0. The molecule has 0 bridgehead atoms. The lowest BCUT2D eigenvalue weighted by Gasteiger charge is -2.30. The van der Waals surface area contributed by atoms with Crippen LogP contribution in [0.1, 0.15) is 109 Å². The standard InChI is InChI=1S/C38H55NO10/c1-5-7-9-12-15-18-30(40)19-16-13-10-11-14-17-20-32(38(46,37(44)45)26-25-34(41)47-3)35(42)39-33(36(43)48-4)28-29-21-23-31(24-22-29)49-27-8-6-2/h17,20-24,32-33,46H,5,7,9-16,18-19,25-28H2,1-4H3,(H,39,42)(H,44,45)/t32-,33+,38+/m1/s1. The Hall–Kier alpha value is -4.17. The first-order valence-corrected chi connectivity index (χ1v) is 17.2. The summed E-state index contributed by atoms with van der Waals surface area (Å²) in [7, 11) is 2.30. The molecule has 0 aromatic heterocycles. The Bertz CT molecular complexity index is 1260. The highest BCUT2D eigenvalue weighted by molar-refractivity contribution is 5.93. The molecule has 1 aromatic carbocycles. The first kappa shape index (κ1) is 42.9. The summed E-state index contributed by atoms with van der Waals surface area (Å²) in [6.45, 7) is 4.08. The van der Waals surface area contributed by atoms with Crippen molar-refractivity contribution in [2.24, 2.45) is 5.92 Å². The van der Waals surface area contributed by atoms with Gasteiger partial charge in [-0.3, -0.25) is 14.4 Å². The van der Waals surface area contributed by atoms with E-state index in [4.69, 9.17) is 9.47 Å². The second-order valence-electron chi connectivity index (χ2n) is 12.0. The highest BCUT2D eigenvalue weighted by atomic mass is 16.5. The highest BCUT2D eigenvalue weighted by Crippen LogP contribution is 2.27. The molecule has 11 nitrogen and oxygen atoms in total. The van der Waals surface area contributed by atoms with Gasteiger partial charge in [-0.15, -0.1) is 5.92 Å². The van der Waals surface area contributed by atoms with Gasteiger partial charge in [0, 0.05) is 25.7 Å². The molecule has 0 spiro atoms. The van der Waals surface area contributed by atoms with Gasteiger partial charge in [-0.25, -0.2) is 9.59 Å². The molecule has 1 aromatic rings. The molecular weight excluding hydrogens is 630 g/mol. The first-order chi connectivity index (χ1) is 23.5. The molecule has 0 radical (unpaired) electrons. The normalized spacial score (nSPS) is 13.3. The number of hydrogen-bond donors (Lipinski definition) is 3. The summed E-state index contributed by atoms with van der Waals surface area (Å²) in [6, 6.07) is 5.60. The minimum Gasteiger partial charge on any atom is -0.481 e. The largest absolute Gasteiger partial charge is 0.481 e. The summed E-state index contributed by atoms with van der Waals surface area (Å²) in [4.78, 5) is 62.7. The van der Waals surface area contributed by atoms with Crippen LogP contribution in [0.3, 0.4) is 0 Å². The number of unbranched alkanes of at least 4 members (excludes halogenated alkanes) is 8. The molecule has 0 unspecified atom stereocenters. The number of Topliss-reactive ketones (excluding diaryl/α,β-unsaturated/α-hetero) is 1. The molecule has 1 amide bonds. The number of ketones is 1. The van der Waals surface area contributed by atoms with E-state index >= 15 is 0 Å². The molecular formula is C38H55NO10. The van der Waals surface area contributed by atoms with Crippen LogP contribution in [0.5, 0.6) is 5.75 Å². The fourth-order valence-electron chi connectivity index (χ4n) is 5.22. The predicted octanol–water partition coefficient (Wildman–Crippen LogP) is 5.50. The molecule has 49 heavy (non-hydrogen) atoms. The maximum atomic E-state index is 13.7. The summed E-state index contributed by atoms with van der Waals surface area (Å²) in [5.74, 6) is 0.598. The van der Waals surface area contributed by atoms with Crippen LogP contribution >= 0.6 is 0 Å². The molecule has 0 saturated heterocycles. The third-order valence-electron chi connectivity index (χ3n) is 8.22. The van der Waals surface area contributed by atoms with Crippen molar-refractivity contribution in [1.29, 1.82) is 0 Å². The van der Waals surface area contributed by atoms with E-state index in [9.17, 15) is 34.2 Å². The summed E-state index contributed by atoms with van der Waals surface area (Å²) >= 11 is 0. The van der Waals surface area contributed by atoms with Crippen LogP contribution in [-0.2, 0) is 39.9 Å². The molecule has 272 valence electrons. The van der Waals surface area contributed by atoms with Crippen LogP contribution in [0.2, 0.25) is 0 Å². The molecule has 3 N–H and O–H groups in total. The zero-order chi connectivity index (χ0) is 36.5. The van der Waals surface area contributed by atoms with Crippen LogP contribution < -0.4 is 10.1 Å². The van der Waals surface area contributed by atoms with Crippen LogP contribution in [0.4, 0.5) is 0 Å². The van der Waals surface area contributed by atoms with Gasteiger partial charge in [-0.05, 0) is 56.7 Å². The van der Waals surface area contributed by atoms with Crippen molar-refractivity contribution >= 4 is 29.6 Å². The van der Waals surface area contributed by atoms with Crippen LogP contribution in [0, 0.1) is 17.8 Å². The average Bonchev–Trinajstić information content (AvgIpc) is 3.09. The summed E-state index contributed by atoms with van der Waals surface area (Å²) in [5.41, 5.74) is -2.02. The van der Waals surface area contributed by atoms with E-state index in [1.165, 1.54) is 32.4 Å². The lowest BCUT2D eigenvalue weighted by Crippen LogP contribution is -2.55. The van der Waals surface area contributed by atoms with E-state index in [1.54, 1.807) is 37.3 Å². The lowest BCUT2D eigenvalue weighted by molar-refractivity contribution is -0.168. The number of allylic oxidation sites excluding steroid dienone is 1. The van der Waals surface area contributed by atoms with Gasteiger partial charge in [0.25, 0.3) is 0 Å². The molecule has 0 heterocycles. The van der Waals surface area contributed by atoms with E-state index in [0.717, 1.165) is 45.6 Å². The summed E-state index contributed by atoms with van der Waals surface area (Å²) in [5, 5.41) is 23.9. The molecule has 3 atom stereocenters. The van der Waals surface area contributed by atoms with Gasteiger partial charge in [-0.2, -0.15) is 0 Å². The van der Waals surface area contributed by atoms with Gasteiger partial charge >= 0.3 is 17.9 Å². The fourth-order valence-corrected chi connectivity index (χ4v) is 5.22. The number of carboxylic acids is 1. The van der Waals surface area contributed by atoms with Gasteiger partial charge in [0.05, 0.1) is 20.1 Å². The molecule has 1 rings (SSSR count). The van der Waals surface area contributed by atoms with Gasteiger partial charge < -0.3 is 29.7 Å². The van der Waals surface area contributed by atoms with Crippen LogP contribution in [0.25, 0.3) is 0 Å². The summed E-state index contributed by atoms with van der Waals surface area (Å²) in [6.07, 6.45) is 12.4. The van der Waals surface area contributed by atoms with Crippen LogP contribution in [0.15, 0.2) is 36.4 Å². The SMILES string of the molecule is CC#CCOc1ccc(C[C@H](NC(=O)[C@@H](C=CCCCCCCC(=O)CCCCCCC)[C@@](O)(CCC(=O)OC)C(=O)O)C(=O)OC)cc1. The maximum Gasteiger partial charge on any atom is 0.336 e. The number of benzene rings is 1. The highest BCUT2D eigenvalue weighted by Gasteiger charge is 2.47. The number of hydrogen-bond acceptors (Lipinski definition) is 9. The minimum absolute atomic E-state index is 0.0128. The zero-order valence-corrected chi connectivity index (χ0v) is 29.6. The number of amides is 1. The van der Waals surface area contributed by atoms with Gasteiger partial charge in [0.1, 0.15) is 24.2 Å². The number of ether oxygens (including phenoxy) is 3. The van der Waals surface area contributed by atoms with Gasteiger partial charge in [0.2, 0.25) is 5.91 Å². The number of nitrogens with one attached hydrogen (secondary N) is 1. The number of rotatable bonds is 26. The molecule has 0 fully saturated rings. The smallest absolute Gasteiger partial charge is 0.336 e. The topological polar surface area (TPSA) is 166 Å². The number of aliphatic hydroxyl groups is 1. The monoisotopic (exact) mass is 685 g/mol. The van der Waals surface area contributed by atoms with Crippen molar-refractivity contribution in [3.8, 4) is 17.6 Å². The van der Waals surface area contributed by atoms with Crippen molar-refractivity contribution in [3.63, 3.8) is 0 Å². The number of carbonyl (C=O) groups is 5. The second-order valence-corrected chi connectivity index (χ2v) is 12.0. The van der Waals surface area contributed by atoms with Crippen molar-refractivity contribution in [1.82, 2.24) is 5.32 Å². The molecule has 0 aliphatic heterocycles. The number of carboxylic acid groups (broad SMARTS) is 1. The van der Waals surface area contributed by atoms with Crippen molar-refractivity contribution < 1.29 is 48.4 Å².